The average molecular weight is 287 g/mol. The number of hydrazine groups is 1. The van der Waals surface area contributed by atoms with E-state index in [1.54, 1.807) is 5.53 Å². The zero-order chi connectivity index (χ0) is 15.7. The summed E-state index contributed by atoms with van der Waals surface area (Å²) in [5, 5.41) is 10.9. The van der Waals surface area contributed by atoms with Gasteiger partial charge in [0.15, 0.2) is 0 Å². The number of nitrogens with zero attached hydrogens (tertiary/aromatic N) is 2. The van der Waals surface area contributed by atoms with Crippen molar-refractivity contribution < 1.29 is 14.5 Å². The van der Waals surface area contributed by atoms with Crippen LogP contribution in [-0.2, 0) is 4.74 Å². The molecule has 0 saturated carbocycles. The van der Waals surface area contributed by atoms with Crippen LogP contribution in [0.15, 0.2) is 9.59 Å². The summed E-state index contributed by atoms with van der Waals surface area (Å²) in [4.78, 5) is 46.6. The standard InChI is InChI=1S/C9H13N5O6/c1-9(2,3)20-7(16)4-5(14(18)19)6(15)13(12-10)8(17)11-4/h12H,10H2,1-3H3,(H,11,17). The number of nitrogens with one attached hydrogen (secondary N) is 2. The number of aromatic amines is 1. The van der Waals surface area contributed by atoms with Crippen molar-refractivity contribution in [3.05, 3.63) is 36.6 Å². The van der Waals surface area contributed by atoms with Crippen LogP contribution in [0.1, 0.15) is 31.3 Å². The van der Waals surface area contributed by atoms with Crippen LogP contribution in [0.5, 0.6) is 0 Å². The van der Waals surface area contributed by atoms with Gasteiger partial charge in [0.05, 0.1) is 4.92 Å². The summed E-state index contributed by atoms with van der Waals surface area (Å²) >= 11 is 0. The van der Waals surface area contributed by atoms with Gasteiger partial charge < -0.3 is 4.74 Å². The highest BCUT2D eigenvalue weighted by molar-refractivity contribution is 5.91. The first-order chi connectivity index (χ1) is 9.08. The Morgan fingerprint density at radius 2 is 2.00 bits per heavy atom. The van der Waals surface area contributed by atoms with Crippen LogP contribution < -0.4 is 22.6 Å². The van der Waals surface area contributed by atoms with E-state index in [0.29, 0.717) is 0 Å². The zero-order valence-electron chi connectivity index (χ0n) is 10.9. The first-order valence-corrected chi connectivity index (χ1v) is 5.32. The molecule has 0 aliphatic rings. The molecule has 110 valence electrons. The van der Waals surface area contributed by atoms with Crippen LogP contribution in [0.2, 0.25) is 0 Å². The Balaban J connectivity index is 3.56. The highest BCUT2D eigenvalue weighted by atomic mass is 16.6. The van der Waals surface area contributed by atoms with Gasteiger partial charge in [-0.25, -0.2) is 15.4 Å². The minimum Gasteiger partial charge on any atom is -0.455 e. The summed E-state index contributed by atoms with van der Waals surface area (Å²) < 4.78 is 5.04. The smallest absolute Gasteiger partial charge is 0.366 e. The average Bonchev–Trinajstić information content (AvgIpc) is 2.25. The lowest BCUT2D eigenvalue weighted by molar-refractivity contribution is -0.387. The van der Waals surface area contributed by atoms with Crippen LogP contribution in [0.3, 0.4) is 0 Å². The molecular weight excluding hydrogens is 274 g/mol. The molecule has 0 amide bonds. The molecule has 1 aromatic heterocycles. The lowest BCUT2D eigenvalue weighted by atomic mass is 10.2. The lowest BCUT2D eigenvalue weighted by Crippen LogP contribution is -2.46. The Bertz CT molecular complexity index is 667. The first kappa shape index (κ1) is 15.4. The number of aromatic nitrogens is 2. The van der Waals surface area contributed by atoms with Gasteiger partial charge in [0.2, 0.25) is 5.69 Å². The second-order valence-electron chi connectivity index (χ2n) is 4.68. The van der Waals surface area contributed by atoms with Crippen molar-refractivity contribution in [2.75, 3.05) is 5.53 Å². The van der Waals surface area contributed by atoms with Crippen LogP contribution in [0.25, 0.3) is 0 Å². The maximum atomic E-state index is 11.8. The van der Waals surface area contributed by atoms with Gasteiger partial charge in [-0.1, -0.05) is 0 Å². The SMILES string of the molecule is CC(C)(C)OC(=O)c1[nH]c(=O)n(NN)c(=O)c1[N+](=O)[O-]. The van der Waals surface area contributed by atoms with Crippen molar-refractivity contribution in [1.29, 1.82) is 0 Å². The van der Waals surface area contributed by atoms with E-state index < -0.39 is 39.1 Å². The van der Waals surface area contributed by atoms with E-state index in [9.17, 15) is 24.5 Å². The molecule has 1 rings (SSSR count). The van der Waals surface area contributed by atoms with Gasteiger partial charge in [0.25, 0.3) is 0 Å². The van der Waals surface area contributed by atoms with E-state index in [4.69, 9.17) is 10.6 Å². The predicted octanol–water partition coefficient (Wildman–Crippen LogP) is -1.18. The highest BCUT2D eigenvalue weighted by Crippen LogP contribution is 2.15. The van der Waals surface area contributed by atoms with Crippen molar-refractivity contribution >= 4 is 11.7 Å². The first-order valence-electron chi connectivity index (χ1n) is 5.32. The number of carbonyl (C=O) groups is 1. The van der Waals surface area contributed by atoms with Crippen molar-refractivity contribution in [2.45, 2.75) is 26.4 Å². The predicted molar refractivity (Wildman–Crippen MR) is 66.7 cm³/mol. The van der Waals surface area contributed by atoms with E-state index in [1.165, 1.54) is 20.8 Å². The van der Waals surface area contributed by atoms with E-state index in [1.807, 2.05) is 4.98 Å². The molecule has 0 unspecified atom stereocenters. The van der Waals surface area contributed by atoms with Gasteiger partial charge in [-0.2, -0.15) is 4.68 Å². The molecule has 0 aliphatic carbocycles. The fourth-order valence-corrected chi connectivity index (χ4v) is 1.29. The third kappa shape index (κ3) is 3.00. The number of nitrogens with two attached hydrogens (primary N) is 1. The van der Waals surface area contributed by atoms with E-state index in [-0.39, 0.29) is 4.68 Å². The van der Waals surface area contributed by atoms with E-state index >= 15 is 0 Å². The molecule has 0 bridgehead atoms. The number of hydrogen-bond donors (Lipinski definition) is 3. The number of esters is 1. The summed E-state index contributed by atoms with van der Waals surface area (Å²) in [5.41, 5.74) is -3.77. The Labute approximate surface area is 111 Å². The molecule has 0 saturated heterocycles. The molecular formula is C9H13N5O6. The molecule has 0 aliphatic heterocycles. The second-order valence-corrected chi connectivity index (χ2v) is 4.68. The number of ether oxygens (including phenoxy) is 1. The van der Waals surface area contributed by atoms with Crippen LogP contribution in [0.4, 0.5) is 5.69 Å². The lowest BCUT2D eigenvalue weighted by Gasteiger charge is -2.19. The molecule has 11 nitrogen and oxygen atoms in total. The molecule has 20 heavy (non-hydrogen) atoms. The molecule has 1 aromatic rings. The molecule has 0 spiro atoms. The van der Waals surface area contributed by atoms with E-state index in [2.05, 4.69) is 0 Å². The van der Waals surface area contributed by atoms with Gasteiger partial charge in [0.1, 0.15) is 5.60 Å². The number of H-pyrrole nitrogens is 1. The van der Waals surface area contributed by atoms with Gasteiger partial charge in [-0.3, -0.25) is 25.4 Å². The quantitative estimate of drug-likeness (QED) is 0.270. The van der Waals surface area contributed by atoms with Crippen molar-refractivity contribution in [1.82, 2.24) is 9.66 Å². The Morgan fingerprint density at radius 1 is 1.45 bits per heavy atom. The van der Waals surface area contributed by atoms with Gasteiger partial charge >= 0.3 is 22.9 Å². The fraction of sp³-hybridized carbons (Fsp3) is 0.444. The Hall–Kier alpha value is -2.69. The minimum atomic E-state index is -1.37. The van der Waals surface area contributed by atoms with Gasteiger partial charge in [-0.05, 0) is 20.8 Å². The number of nitro groups is 1. The molecule has 0 aromatic carbocycles. The van der Waals surface area contributed by atoms with Crippen molar-refractivity contribution in [2.24, 2.45) is 5.84 Å². The third-order valence-corrected chi connectivity index (χ3v) is 1.99. The summed E-state index contributed by atoms with van der Waals surface area (Å²) in [6, 6.07) is 0. The number of nitrogen functional groups attached to an aromatic ring is 1. The van der Waals surface area contributed by atoms with Crippen LogP contribution in [-0.4, -0.2) is 26.2 Å². The molecule has 11 heteroatoms. The third-order valence-electron chi connectivity index (χ3n) is 1.99. The summed E-state index contributed by atoms with van der Waals surface area (Å²) in [6.45, 7) is 4.58. The minimum absolute atomic E-state index is 0.159. The zero-order valence-corrected chi connectivity index (χ0v) is 10.9. The molecule has 0 radical (unpaired) electrons. The summed E-state index contributed by atoms with van der Waals surface area (Å²) in [6.07, 6.45) is 0. The second kappa shape index (κ2) is 5.13. The molecule has 1 heterocycles. The normalized spacial score (nSPS) is 11.0. The van der Waals surface area contributed by atoms with Crippen molar-refractivity contribution in [3.8, 4) is 0 Å². The summed E-state index contributed by atoms with van der Waals surface area (Å²) in [5.74, 6) is 3.71. The Morgan fingerprint density at radius 3 is 2.40 bits per heavy atom. The maximum absolute atomic E-state index is 11.8. The molecule has 0 atom stereocenters. The topological polar surface area (TPSA) is 162 Å². The number of rotatable bonds is 3. The molecule has 4 N–H and O–H groups in total. The summed E-state index contributed by atoms with van der Waals surface area (Å²) in [7, 11) is 0. The van der Waals surface area contributed by atoms with Crippen molar-refractivity contribution in [3.63, 3.8) is 0 Å². The Kier molecular flexibility index (Phi) is 3.94. The fourth-order valence-electron chi connectivity index (χ4n) is 1.29. The maximum Gasteiger partial charge on any atom is 0.366 e. The van der Waals surface area contributed by atoms with Gasteiger partial charge in [-0.15, -0.1) is 0 Å². The van der Waals surface area contributed by atoms with Crippen LogP contribution >= 0.6 is 0 Å². The van der Waals surface area contributed by atoms with Crippen LogP contribution in [0, 0.1) is 10.1 Å². The van der Waals surface area contributed by atoms with Gasteiger partial charge in [0, 0.05) is 0 Å². The number of hydrogen-bond acceptors (Lipinski definition) is 8. The highest BCUT2D eigenvalue weighted by Gasteiger charge is 2.31. The monoisotopic (exact) mass is 287 g/mol. The molecule has 0 fully saturated rings. The largest absolute Gasteiger partial charge is 0.455 e. The van der Waals surface area contributed by atoms with E-state index in [0.717, 1.165) is 0 Å². The number of carbonyl (C=O) groups excluding carboxylic acids is 1.